The number of aryl methyl sites for hydroxylation is 1. The molecule has 2 amide bonds. The zero-order chi connectivity index (χ0) is 19.2. The number of nitrogens with two attached hydrogens (primary N) is 1. The van der Waals surface area contributed by atoms with Crippen LogP contribution in [0.25, 0.3) is 5.82 Å². The summed E-state index contributed by atoms with van der Waals surface area (Å²) in [5.74, 6) is -1.99. The van der Waals surface area contributed by atoms with Crippen molar-refractivity contribution in [2.24, 2.45) is 5.73 Å². The number of pyridine rings is 1. The molecule has 1 atom stereocenters. The lowest BCUT2D eigenvalue weighted by Gasteiger charge is -2.16. The molecule has 1 unspecified atom stereocenters. The summed E-state index contributed by atoms with van der Waals surface area (Å²) in [7, 11) is 0. The first-order chi connectivity index (χ1) is 13.1. The van der Waals surface area contributed by atoms with E-state index in [0.717, 1.165) is 5.56 Å². The standard InChI is InChI=1S/C18H17N5O3S/c19-17(25)16(24)13(5-4-12-7-10-27-11-12)22-18(26)14-6-9-21-23(14)15-3-1-2-8-20-15/h1-3,6-11,13H,4-5H2,(H2,19,25)(H,22,26). The molecule has 9 heteroatoms. The number of amides is 2. The molecule has 0 radical (unpaired) electrons. The summed E-state index contributed by atoms with van der Waals surface area (Å²) in [6.07, 6.45) is 3.84. The fourth-order valence-corrected chi connectivity index (χ4v) is 3.26. The summed E-state index contributed by atoms with van der Waals surface area (Å²) in [5, 5.41) is 10.6. The van der Waals surface area contributed by atoms with Gasteiger partial charge in [0.1, 0.15) is 5.69 Å². The third-order valence-corrected chi connectivity index (χ3v) is 4.64. The normalized spacial score (nSPS) is 11.7. The smallest absolute Gasteiger partial charge is 0.287 e. The number of hydrogen-bond donors (Lipinski definition) is 2. The molecule has 3 aromatic rings. The Hall–Kier alpha value is -3.33. The van der Waals surface area contributed by atoms with Crippen molar-refractivity contribution in [2.75, 3.05) is 0 Å². The van der Waals surface area contributed by atoms with Crippen LogP contribution in [0.5, 0.6) is 0 Å². The highest BCUT2D eigenvalue weighted by atomic mass is 32.1. The topological polar surface area (TPSA) is 120 Å². The largest absolute Gasteiger partial charge is 0.363 e. The number of aromatic nitrogens is 3. The summed E-state index contributed by atoms with van der Waals surface area (Å²) in [4.78, 5) is 40.3. The number of carbonyl (C=O) groups excluding carboxylic acids is 3. The van der Waals surface area contributed by atoms with E-state index >= 15 is 0 Å². The minimum atomic E-state index is -1.08. The van der Waals surface area contributed by atoms with Gasteiger partial charge in [0.25, 0.3) is 11.8 Å². The van der Waals surface area contributed by atoms with Gasteiger partial charge in [0.15, 0.2) is 5.82 Å². The first-order valence-electron chi connectivity index (χ1n) is 8.17. The van der Waals surface area contributed by atoms with E-state index in [2.05, 4.69) is 15.4 Å². The van der Waals surface area contributed by atoms with Gasteiger partial charge in [-0.15, -0.1) is 0 Å². The third-order valence-electron chi connectivity index (χ3n) is 3.91. The number of rotatable bonds is 8. The van der Waals surface area contributed by atoms with Crippen molar-refractivity contribution in [1.82, 2.24) is 20.1 Å². The van der Waals surface area contributed by atoms with Crippen LogP contribution in [-0.4, -0.2) is 38.4 Å². The summed E-state index contributed by atoms with van der Waals surface area (Å²) in [5.41, 5.74) is 6.36. The second kappa shape index (κ2) is 8.37. The Morgan fingerprint density at radius 2 is 2.04 bits per heavy atom. The molecular formula is C18H17N5O3S. The van der Waals surface area contributed by atoms with Gasteiger partial charge >= 0.3 is 0 Å². The molecule has 0 spiro atoms. The van der Waals surface area contributed by atoms with Crippen LogP contribution in [0.2, 0.25) is 0 Å². The average molecular weight is 383 g/mol. The number of ketones is 1. The van der Waals surface area contributed by atoms with Crippen LogP contribution in [0.15, 0.2) is 53.5 Å². The van der Waals surface area contributed by atoms with Gasteiger partial charge in [0, 0.05) is 6.20 Å². The second-order valence-electron chi connectivity index (χ2n) is 5.74. The molecule has 0 aliphatic heterocycles. The Morgan fingerprint density at radius 1 is 1.19 bits per heavy atom. The SMILES string of the molecule is NC(=O)C(=O)C(CCc1ccsc1)NC(=O)c1ccnn1-c1ccccn1. The van der Waals surface area contributed by atoms with Crippen molar-refractivity contribution in [3.05, 3.63) is 64.7 Å². The summed E-state index contributed by atoms with van der Waals surface area (Å²) in [6, 6.07) is 7.64. The maximum Gasteiger partial charge on any atom is 0.287 e. The fraction of sp³-hybridized carbons (Fsp3) is 0.167. The van der Waals surface area contributed by atoms with Crippen LogP contribution < -0.4 is 11.1 Å². The van der Waals surface area contributed by atoms with E-state index < -0.39 is 23.6 Å². The number of thiophene rings is 1. The molecule has 8 nitrogen and oxygen atoms in total. The zero-order valence-corrected chi connectivity index (χ0v) is 15.1. The molecule has 0 aromatic carbocycles. The first-order valence-corrected chi connectivity index (χ1v) is 9.11. The number of primary amides is 1. The molecule has 3 heterocycles. The number of nitrogens with zero attached hydrogens (tertiary/aromatic N) is 3. The van der Waals surface area contributed by atoms with Crippen LogP contribution in [0.1, 0.15) is 22.5 Å². The maximum absolute atomic E-state index is 12.7. The summed E-state index contributed by atoms with van der Waals surface area (Å²) in [6.45, 7) is 0. The van der Waals surface area contributed by atoms with Crippen molar-refractivity contribution in [1.29, 1.82) is 0 Å². The van der Waals surface area contributed by atoms with Crippen LogP contribution in [0.4, 0.5) is 0 Å². The van der Waals surface area contributed by atoms with Gasteiger partial charge in [-0.05, 0) is 53.4 Å². The van der Waals surface area contributed by atoms with Gasteiger partial charge in [-0.2, -0.15) is 16.4 Å². The van der Waals surface area contributed by atoms with Gasteiger partial charge in [-0.1, -0.05) is 6.07 Å². The van der Waals surface area contributed by atoms with Gasteiger partial charge in [-0.3, -0.25) is 14.4 Å². The molecule has 3 aromatic heterocycles. The van der Waals surface area contributed by atoms with Gasteiger partial charge in [0.05, 0.1) is 12.2 Å². The Balaban J connectivity index is 1.77. The molecule has 0 saturated heterocycles. The van der Waals surface area contributed by atoms with Crippen LogP contribution >= 0.6 is 11.3 Å². The molecule has 0 aliphatic rings. The highest BCUT2D eigenvalue weighted by Crippen LogP contribution is 2.12. The average Bonchev–Trinajstić information content (AvgIpc) is 3.36. The van der Waals surface area contributed by atoms with Crippen molar-refractivity contribution in [3.8, 4) is 5.82 Å². The lowest BCUT2D eigenvalue weighted by Crippen LogP contribution is -2.46. The van der Waals surface area contributed by atoms with E-state index in [1.165, 1.54) is 28.3 Å². The van der Waals surface area contributed by atoms with E-state index in [9.17, 15) is 14.4 Å². The van der Waals surface area contributed by atoms with Crippen molar-refractivity contribution in [2.45, 2.75) is 18.9 Å². The number of hydrogen-bond acceptors (Lipinski definition) is 6. The van der Waals surface area contributed by atoms with E-state index in [0.29, 0.717) is 12.2 Å². The predicted octanol–water partition coefficient (Wildman–Crippen LogP) is 1.11. The predicted molar refractivity (Wildman–Crippen MR) is 99.5 cm³/mol. The minimum absolute atomic E-state index is 0.200. The monoisotopic (exact) mass is 383 g/mol. The van der Waals surface area contributed by atoms with E-state index in [1.54, 1.807) is 24.4 Å². The molecule has 138 valence electrons. The summed E-state index contributed by atoms with van der Waals surface area (Å²) < 4.78 is 1.36. The van der Waals surface area contributed by atoms with Gasteiger partial charge in [-0.25, -0.2) is 9.67 Å². The molecule has 0 fully saturated rings. The molecule has 3 rings (SSSR count). The van der Waals surface area contributed by atoms with Crippen LogP contribution in [-0.2, 0) is 16.0 Å². The number of Topliss-reactive ketones (excluding diaryl/α,β-unsaturated/α-hetero) is 1. The van der Waals surface area contributed by atoms with E-state index in [4.69, 9.17) is 5.73 Å². The lowest BCUT2D eigenvalue weighted by molar-refractivity contribution is -0.137. The zero-order valence-electron chi connectivity index (χ0n) is 14.2. The maximum atomic E-state index is 12.7. The van der Waals surface area contributed by atoms with Crippen molar-refractivity contribution >= 4 is 28.9 Å². The Bertz CT molecular complexity index is 937. The molecule has 0 aliphatic carbocycles. The molecule has 27 heavy (non-hydrogen) atoms. The van der Waals surface area contributed by atoms with E-state index in [-0.39, 0.29) is 12.1 Å². The first kappa shape index (κ1) is 18.5. The third kappa shape index (κ3) is 4.45. The highest BCUT2D eigenvalue weighted by molar-refractivity contribution is 7.07. The molecular weight excluding hydrogens is 366 g/mol. The lowest BCUT2D eigenvalue weighted by atomic mass is 10.0. The fourth-order valence-electron chi connectivity index (χ4n) is 2.56. The number of nitrogens with one attached hydrogen (secondary N) is 1. The van der Waals surface area contributed by atoms with Gasteiger partial charge < -0.3 is 11.1 Å². The molecule has 0 saturated carbocycles. The van der Waals surface area contributed by atoms with Gasteiger partial charge in [0.2, 0.25) is 5.78 Å². The van der Waals surface area contributed by atoms with Crippen LogP contribution in [0, 0.1) is 0 Å². The molecule has 0 bridgehead atoms. The molecule has 3 N–H and O–H groups in total. The van der Waals surface area contributed by atoms with Crippen molar-refractivity contribution < 1.29 is 14.4 Å². The van der Waals surface area contributed by atoms with Crippen LogP contribution in [0.3, 0.4) is 0 Å². The highest BCUT2D eigenvalue weighted by Gasteiger charge is 2.26. The Morgan fingerprint density at radius 3 is 2.70 bits per heavy atom. The Kier molecular flexibility index (Phi) is 5.72. The number of carbonyl (C=O) groups is 3. The summed E-state index contributed by atoms with van der Waals surface area (Å²) >= 11 is 1.54. The second-order valence-corrected chi connectivity index (χ2v) is 6.52. The Labute approximate surface area is 159 Å². The van der Waals surface area contributed by atoms with Crippen molar-refractivity contribution in [3.63, 3.8) is 0 Å². The quantitative estimate of drug-likeness (QED) is 0.565. The van der Waals surface area contributed by atoms with E-state index in [1.807, 2.05) is 16.8 Å². The minimum Gasteiger partial charge on any atom is -0.363 e.